The van der Waals surface area contributed by atoms with Gasteiger partial charge in [0.1, 0.15) is 11.8 Å². The third-order valence-corrected chi connectivity index (χ3v) is 5.60. The van der Waals surface area contributed by atoms with Crippen LogP contribution in [0.5, 0.6) is 5.75 Å². The zero-order chi connectivity index (χ0) is 19.0. The normalized spacial score (nSPS) is 19.5. The highest BCUT2D eigenvalue weighted by molar-refractivity contribution is 14.1. The third-order valence-electron chi connectivity index (χ3n) is 4.93. The SMILES string of the molecule is CN1C(=O)C(c2ccccc2)NC(c2ccc(O)cc2)c2cc(I)ccc21. The molecule has 0 aliphatic carbocycles. The van der Waals surface area contributed by atoms with Crippen molar-refractivity contribution in [1.82, 2.24) is 5.32 Å². The monoisotopic (exact) mass is 470 g/mol. The Bertz CT molecular complexity index is 973. The van der Waals surface area contributed by atoms with Gasteiger partial charge in [0.15, 0.2) is 0 Å². The molecule has 1 aliphatic heterocycles. The lowest BCUT2D eigenvalue weighted by Crippen LogP contribution is -2.37. The van der Waals surface area contributed by atoms with Crippen molar-refractivity contribution in [2.24, 2.45) is 0 Å². The summed E-state index contributed by atoms with van der Waals surface area (Å²) in [7, 11) is 1.82. The molecule has 0 spiro atoms. The zero-order valence-electron chi connectivity index (χ0n) is 14.8. The van der Waals surface area contributed by atoms with E-state index in [1.807, 2.05) is 61.6 Å². The summed E-state index contributed by atoms with van der Waals surface area (Å²) >= 11 is 2.29. The fraction of sp³-hybridized carbons (Fsp3) is 0.136. The number of anilines is 1. The number of hydrogen-bond acceptors (Lipinski definition) is 3. The fourth-order valence-electron chi connectivity index (χ4n) is 3.53. The van der Waals surface area contributed by atoms with Gasteiger partial charge in [-0.2, -0.15) is 0 Å². The van der Waals surface area contributed by atoms with E-state index < -0.39 is 6.04 Å². The molecule has 2 atom stereocenters. The molecule has 1 aliphatic rings. The van der Waals surface area contributed by atoms with E-state index in [2.05, 4.69) is 34.0 Å². The van der Waals surface area contributed by atoms with Crippen molar-refractivity contribution in [2.45, 2.75) is 12.1 Å². The number of phenolic OH excluding ortho intramolecular Hbond substituents is 1. The van der Waals surface area contributed by atoms with Crippen molar-refractivity contribution in [3.63, 3.8) is 0 Å². The maximum absolute atomic E-state index is 13.2. The van der Waals surface area contributed by atoms with Crippen LogP contribution in [0, 0.1) is 3.57 Å². The second kappa shape index (κ2) is 7.32. The van der Waals surface area contributed by atoms with E-state index in [-0.39, 0.29) is 17.7 Å². The third kappa shape index (κ3) is 3.44. The van der Waals surface area contributed by atoms with Crippen LogP contribution in [-0.2, 0) is 4.79 Å². The van der Waals surface area contributed by atoms with Gasteiger partial charge in [-0.3, -0.25) is 10.1 Å². The predicted molar refractivity (Wildman–Crippen MR) is 115 cm³/mol. The van der Waals surface area contributed by atoms with Crippen molar-refractivity contribution in [3.8, 4) is 5.75 Å². The fourth-order valence-corrected chi connectivity index (χ4v) is 4.04. The van der Waals surface area contributed by atoms with Crippen LogP contribution < -0.4 is 10.2 Å². The number of fused-ring (bicyclic) bond motifs is 1. The lowest BCUT2D eigenvalue weighted by Gasteiger charge is -2.23. The minimum atomic E-state index is -0.458. The Morgan fingerprint density at radius 1 is 0.926 bits per heavy atom. The van der Waals surface area contributed by atoms with Crippen LogP contribution in [0.2, 0.25) is 0 Å². The number of benzene rings is 3. The predicted octanol–water partition coefficient (Wildman–Crippen LogP) is 4.39. The molecule has 0 bridgehead atoms. The molecule has 0 radical (unpaired) electrons. The molecule has 1 amide bonds. The molecule has 3 aromatic carbocycles. The Labute approximate surface area is 172 Å². The summed E-state index contributed by atoms with van der Waals surface area (Å²) in [5.41, 5.74) is 3.87. The Hall–Kier alpha value is -2.38. The standard InChI is InChI=1S/C22H19IN2O2/c1-25-19-12-9-16(23)13-18(19)20(15-7-10-17(26)11-8-15)24-21(22(25)27)14-5-3-2-4-6-14/h2-13,20-21,24,26H,1H3. The Kier molecular flexibility index (Phi) is 4.88. The summed E-state index contributed by atoms with van der Waals surface area (Å²) in [6.07, 6.45) is 0. The number of carbonyl (C=O) groups excluding carboxylic acids is 1. The number of amides is 1. The van der Waals surface area contributed by atoms with Crippen LogP contribution in [0.4, 0.5) is 5.69 Å². The first kappa shape index (κ1) is 18.0. The first-order valence-electron chi connectivity index (χ1n) is 8.71. The molecular formula is C22H19IN2O2. The number of nitrogens with one attached hydrogen (secondary N) is 1. The largest absolute Gasteiger partial charge is 0.508 e. The quantitative estimate of drug-likeness (QED) is 0.547. The number of likely N-dealkylation sites (N-methyl/N-ethyl adjacent to an activating group) is 1. The molecule has 3 aromatic rings. The number of hydrogen-bond donors (Lipinski definition) is 2. The van der Waals surface area contributed by atoms with Crippen LogP contribution in [0.15, 0.2) is 72.8 Å². The molecule has 5 heteroatoms. The van der Waals surface area contributed by atoms with Gasteiger partial charge in [-0.1, -0.05) is 42.5 Å². The summed E-state index contributed by atoms with van der Waals surface area (Å²) < 4.78 is 1.11. The highest BCUT2D eigenvalue weighted by Gasteiger charge is 2.34. The zero-order valence-corrected chi connectivity index (χ0v) is 16.9. The van der Waals surface area contributed by atoms with Gasteiger partial charge in [-0.25, -0.2) is 0 Å². The summed E-state index contributed by atoms with van der Waals surface area (Å²) in [6, 6.07) is 22.4. The molecule has 0 saturated heterocycles. The van der Waals surface area contributed by atoms with Gasteiger partial charge in [0, 0.05) is 16.3 Å². The molecule has 136 valence electrons. The van der Waals surface area contributed by atoms with E-state index >= 15 is 0 Å². The molecule has 2 N–H and O–H groups in total. The number of phenols is 1. The summed E-state index contributed by atoms with van der Waals surface area (Å²) in [4.78, 5) is 15.0. The van der Waals surface area contributed by atoms with Crippen molar-refractivity contribution in [2.75, 3.05) is 11.9 Å². The molecule has 27 heavy (non-hydrogen) atoms. The van der Waals surface area contributed by atoms with Gasteiger partial charge in [-0.05, 0) is 69.6 Å². The van der Waals surface area contributed by atoms with Crippen LogP contribution in [0.1, 0.15) is 28.8 Å². The molecule has 0 aromatic heterocycles. The first-order chi connectivity index (χ1) is 13.0. The highest BCUT2D eigenvalue weighted by atomic mass is 127. The lowest BCUT2D eigenvalue weighted by atomic mass is 9.96. The highest BCUT2D eigenvalue weighted by Crippen LogP contribution is 2.38. The van der Waals surface area contributed by atoms with Gasteiger partial charge in [0.25, 0.3) is 0 Å². The summed E-state index contributed by atoms with van der Waals surface area (Å²) in [5, 5.41) is 13.2. The maximum Gasteiger partial charge on any atom is 0.248 e. The van der Waals surface area contributed by atoms with E-state index in [1.54, 1.807) is 17.0 Å². The Balaban J connectivity index is 1.88. The smallest absolute Gasteiger partial charge is 0.248 e. The van der Waals surface area contributed by atoms with Crippen LogP contribution in [0.25, 0.3) is 0 Å². The number of nitrogens with zero attached hydrogens (tertiary/aromatic N) is 1. The number of halogens is 1. The van der Waals surface area contributed by atoms with E-state index in [0.29, 0.717) is 0 Å². The van der Waals surface area contributed by atoms with Gasteiger partial charge >= 0.3 is 0 Å². The van der Waals surface area contributed by atoms with Gasteiger partial charge in [0.2, 0.25) is 5.91 Å². The average Bonchev–Trinajstić information content (AvgIpc) is 2.79. The molecule has 4 rings (SSSR count). The minimum Gasteiger partial charge on any atom is -0.508 e. The van der Waals surface area contributed by atoms with Crippen LogP contribution in [0.3, 0.4) is 0 Å². The molecule has 1 heterocycles. The molecular weight excluding hydrogens is 451 g/mol. The summed E-state index contributed by atoms with van der Waals surface area (Å²) in [5.74, 6) is 0.230. The van der Waals surface area contributed by atoms with Crippen LogP contribution in [-0.4, -0.2) is 18.1 Å². The van der Waals surface area contributed by atoms with E-state index in [4.69, 9.17) is 0 Å². The average molecular weight is 470 g/mol. The number of aromatic hydroxyl groups is 1. The second-order valence-corrected chi connectivity index (χ2v) is 7.88. The number of carbonyl (C=O) groups is 1. The molecule has 0 saturated carbocycles. The molecule has 2 unspecified atom stereocenters. The van der Waals surface area contributed by atoms with E-state index in [9.17, 15) is 9.90 Å². The van der Waals surface area contributed by atoms with E-state index in [0.717, 1.165) is 25.9 Å². The van der Waals surface area contributed by atoms with Crippen molar-refractivity contribution < 1.29 is 9.90 Å². The van der Waals surface area contributed by atoms with Crippen molar-refractivity contribution in [1.29, 1.82) is 0 Å². The molecule has 0 fully saturated rings. The van der Waals surface area contributed by atoms with Gasteiger partial charge in [0.05, 0.1) is 6.04 Å². The Morgan fingerprint density at radius 3 is 2.30 bits per heavy atom. The van der Waals surface area contributed by atoms with E-state index in [1.165, 1.54) is 0 Å². The summed E-state index contributed by atoms with van der Waals surface area (Å²) in [6.45, 7) is 0. The minimum absolute atomic E-state index is 0.00457. The lowest BCUT2D eigenvalue weighted by molar-refractivity contribution is -0.120. The van der Waals surface area contributed by atoms with Crippen molar-refractivity contribution in [3.05, 3.63) is 93.1 Å². The van der Waals surface area contributed by atoms with Crippen LogP contribution >= 0.6 is 22.6 Å². The maximum atomic E-state index is 13.2. The number of rotatable bonds is 2. The van der Waals surface area contributed by atoms with Gasteiger partial charge in [-0.15, -0.1) is 0 Å². The first-order valence-corrected chi connectivity index (χ1v) is 9.79. The van der Waals surface area contributed by atoms with Crippen molar-refractivity contribution >= 4 is 34.2 Å². The Morgan fingerprint density at radius 2 is 1.59 bits per heavy atom. The van der Waals surface area contributed by atoms with Gasteiger partial charge < -0.3 is 10.0 Å². The topological polar surface area (TPSA) is 52.6 Å². The second-order valence-electron chi connectivity index (χ2n) is 6.64. The molecule has 4 nitrogen and oxygen atoms in total.